The predicted octanol–water partition coefficient (Wildman–Crippen LogP) is 3.34. The molecule has 1 heterocycles. The van der Waals surface area contributed by atoms with Gasteiger partial charge in [-0.1, -0.05) is 13.3 Å². The summed E-state index contributed by atoms with van der Waals surface area (Å²) in [5.74, 6) is -0.501. The van der Waals surface area contributed by atoms with Crippen LogP contribution >= 0.6 is 0 Å². The Kier molecular flexibility index (Phi) is 5.17. The van der Waals surface area contributed by atoms with Crippen molar-refractivity contribution in [3.05, 3.63) is 29.8 Å². The molecule has 1 N–H and O–H groups in total. The third-order valence-corrected chi connectivity index (χ3v) is 3.64. The maximum Gasteiger partial charge on any atom is 0.438 e. The number of amides is 1. The van der Waals surface area contributed by atoms with Crippen LogP contribution in [0.25, 0.3) is 0 Å². The zero-order chi connectivity index (χ0) is 18.0. The van der Waals surface area contributed by atoms with Crippen molar-refractivity contribution in [2.75, 3.05) is 6.61 Å². The molecule has 132 valence electrons. The number of halogens is 3. The molecule has 1 unspecified atom stereocenters. The van der Waals surface area contributed by atoms with Crippen molar-refractivity contribution in [1.82, 2.24) is 5.01 Å². The van der Waals surface area contributed by atoms with Gasteiger partial charge in [0.25, 0.3) is 11.6 Å². The van der Waals surface area contributed by atoms with E-state index >= 15 is 0 Å². The number of carbonyl (C=O) groups is 1. The molecule has 1 aromatic carbocycles. The third-order valence-electron chi connectivity index (χ3n) is 3.64. The highest BCUT2D eigenvalue weighted by Gasteiger charge is 2.62. The van der Waals surface area contributed by atoms with Crippen LogP contribution in [0.2, 0.25) is 0 Å². The van der Waals surface area contributed by atoms with Crippen molar-refractivity contribution >= 4 is 11.6 Å². The summed E-state index contributed by atoms with van der Waals surface area (Å²) in [6, 6.07) is 5.71. The number of aliphatic hydroxyl groups is 1. The van der Waals surface area contributed by atoms with E-state index in [9.17, 15) is 23.1 Å². The summed E-state index contributed by atoms with van der Waals surface area (Å²) in [6.07, 6.45) is -3.92. The first-order valence-electron chi connectivity index (χ1n) is 7.59. The summed E-state index contributed by atoms with van der Waals surface area (Å²) in [5.41, 5.74) is -3.30. The molecule has 0 bridgehead atoms. The lowest BCUT2D eigenvalue weighted by Gasteiger charge is -2.32. The number of hydrogen-bond donors (Lipinski definition) is 1. The van der Waals surface area contributed by atoms with Gasteiger partial charge in [0.05, 0.1) is 6.61 Å². The second kappa shape index (κ2) is 6.80. The van der Waals surface area contributed by atoms with Gasteiger partial charge in [0.1, 0.15) is 5.75 Å². The maximum atomic E-state index is 13.1. The second-order valence-electron chi connectivity index (χ2n) is 5.67. The molecule has 24 heavy (non-hydrogen) atoms. The molecular formula is C16H19F3N2O3. The van der Waals surface area contributed by atoms with E-state index in [1.54, 1.807) is 0 Å². The lowest BCUT2D eigenvalue weighted by molar-refractivity contribution is -0.297. The fourth-order valence-corrected chi connectivity index (χ4v) is 2.30. The fraction of sp³-hybridized carbons (Fsp3) is 0.500. The van der Waals surface area contributed by atoms with Crippen molar-refractivity contribution < 1.29 is 27.8 Å². The summed E-state index contributed by atoms with van der Waals surface area (Å²) in [7, 11) is 0. The Morgan fingerprint density at radius 2 is 2.00 bits per heavy atom. The van der Waals surface area contributed by atoms with Gasteiger partial charge in [-0.15, -0.1) is 0 Å². The number of nitrogens with zero attached hydrogens (tertiary/aromatic N) is 2. The molecule has 1 atom stereocenters. The first-order chi connectivity index (χ1) is 11.2. The Labute approximate surface area is 137 Å². The Morgan fingerprint density at radius 3 is 2.54 bits per heavy atom. The van der Waals surface area contributed by atoms with Crippen LogP contribution in [-0.2, 0) is 0 Å². The summed E-state index contributed by atoms with van der Waals surface area (Å²) >= 11 is 0. The van der Waals surface area contributed by atoms with Crippen LogP contribution in [0.4, 0.5) is 13.2 Å². The van der Waals surface area contributed by atoms with Gasteiger partial charge in [0.2, 0.25) is 0 Å². The molecule has 0 saturated carbocycles. The van der Waals surface area contributed by atoms with E-state index in [-0.39, 0.29) is 16.3 Å². The number of hydrogen-bond acceptors (Lipinski definition) is 4. The fourth-order valence-electron chi connectivity index (χ4n) is 2.30. The minimum absolute atomic E-state index is 0.0148. The average Bonchev–Trinajstić information content (AvgIpc) is 2.83. The van der Waals surface area contributed by atoms with Gasteiger partial charge < -0.3 is 9.84 Å². The van der Waals surface area contributed by atoms with Crippen molar-refractivity contribution in [2.24, 2.45) is 5.10 Å². The number of rotatable bonds is 5. The molecule has 0 fully saturated rings. The molecule has 0 aliphatic carbocycles. The predicted molar refractivity (Wildman–Crippen MR) is 81.7 cm³/mol. The molecule has 1 amide bonds. The summed E-state index contributed by atoms with van der Waals surface area (Å²) in [6.45, 7) is 3.87. The highest BCUT2D eigenvalue weighted by molar-refractivity contribution is 5.97. The van der Waals surface area contributed by atoms with Gasteiger partial charge in [-0.05, 0) is 37.6 Å². The largest absolute Gasteiger partial charge is 0.494 e. The molecule has 1 aliphatic heterocycles. The van der Waals surface area contributed by atoms with Gasteiger partial charge in [-0.3, -0.25) is 4.79 Å². The van der Waals surface area contributed by atoms with E-state index < -0.39 is 24.2 Å². The van der Waals surface area contributed by atoms with Crippen LogP contribution in [0.1, 0.15) is 43.5 Å². The average molecular weight is 344 g/mol. The lowest BCUT2D eigenvalue weighted by Crippen LogP contribution is -2.56. The zero-order valence-corrected chi connectivity index (χ0v) is 13.4. The van der Waals surface area contributed by atoms with Crippen molar-refractivity contribution in [1.29, 1.82) is 0 Å². The van der Waals surface area contributed by atoms with E-state index in [4.69, 9.17) is 4.74 Å². The second-order valence-corrected chi connectivity index (χ2v) is 5.67. The van der Waals surface area contributed by atoms with E-state index in [0.717, 1.165) is 12.8 Å². The lowest BCUT2D eigenvalue weighted by atomic mass is 10.1. The number of hydrazone groups is 1. The first-order valence-corrected chi connectivity index (χ1v) is 7.59. The normalized spacial score (nSPS) is 20.9. The standard InChI is InChI=1S/C16H19F3N2O3/c1-3-4-9-24-13-7-5-12(6-8-13)14(22)21-15(23,16(17,18)19)10-11(2)20-21/h5-8,23H,3-4,9-10H2,1-2H3. The zero-order valence-electron chi connectivity index (χ0n) is 13.4. The first kappa shape index (κ1) is 18.3. The van der Waals surface area contributed by atoms with Gasteiger partial charge >= 0.3 is 6.18 Å². The molecule has 1 aromatic rings. The van der Waals surface area contributed by atoms with Gasteiger partial charge in [-0.25, -0.2) is 0 Å². The monoisotopic (exact) mass is 344 g/mol. The molecule has 0 spiro atoms. The van der Waals surface area contributed by atoms with Crippen molar-refractivity contribution in [3.8, 4) is 5.75 Å². The minimum Gasteiger partial charge on any atom is -0.494 e. The van der Waals surface area contributed by atoms with Crippen LogP contribution in [0.5, 0.6) is 5.75 Å². The minimum atomic E-state index is -5.01. The molecule has 1 aliphatic rings. The number of unbranched alkanes of at least 4 members (excludes halogenated alkanes) is 1. The van der Waals surface area contributed by atoms with Crippen molar-refractivity contribution in [2.45, 2.75) is 45.0 Å². The highest BCUT2D eigenvalue weighted by Crippen LogP contribution is 2.40. The highest BCUT2D eigenvalue weighted by atomic mass is 19.4. The Balaban J connectivity index is 2.18. The topological polar surface area (TPSA) is 62.1 Å². The quantitative estimate of drug-likeness (QED) is 0.834. The molecule has 0 aromatic heterocycles. The van der Waals surface area contributed by atoms with Crippen LogP contribution in [0.3, 0.4) is 0 Å². The van der Waals surface area contributed by atoms with Crippen molar-refractivity contribution in [3.63, 3.8) is 0 Å². The summed E-state index contributed by atoms with van der Waals surface area (Å²) in [4.78, 5) is 12.3. The maximum absolute atomic E-state index is 13.1. The van der Waals surface area contributed by atoms with Crippen LogP contribution in [0.15, 0.2) is 29.4 Å². The molecule has 8 heteroatoms. The molecular weight excluding hydrogens is 325 g/mol. The summed E-state index contributed by atoms with van der Waals surface area (Å²) < 4.78 is 44.9. The Hall–Kier alpha value is -2.09. The van der Waals surface area contributed by atoms with Crippen LogP contribution < -0.4 is 4.74 Å². The van der Waals surface area contributed by atoms with Gasteiger partial charge in [0, 0.05) is 17.7 Å². The molecule has 0 radical (unpaired) electrons. The van der Waals surface area contributed by atoms with Crippen LogP contribution in [-0.4, -0.2) is 40.2 Å². The van der Waals surface area contributed by atoms with Gasteiger partial charge in [0.15, 0.2) is 0 Å². The SMILES string of the molecule is CCCCOc1ccc(C(=O)N2N=C(C)CC2(O)C(F)(F)F)cc1. The third kappa shape index (κ3) is 3.53. The Bertz CT molecular complexity index is 628. The van der Waals surface area contributed by atoms with E-state index in [0.29, 0.717) is 12.4 Å². The molecule has 0 saturated heterocycles. The molecule has 2 rings (SSSR count). The van der Waals surface area contributed by atoms with Crippen LogP contribution in [0, 0.1) is 0 Å². The molecule has 5 nitrogen and oxygen atoms in total. The number of benzene rings is 1. The number of ether oxygens (including phenoxy) is 1. The number of carbonyl (C=O) groups excluding carboxylic acids is 1. The Morgan fingerprint density at radius 1 is 1.38 bits per heavy atom. The number of alkyl halides is 3. The smallest absolute Gasteiger partial charge is 0.438 e. The van der Waals surface area contributed by atoms with E-state index in [2.05, 4.69) is 5.10 Å². The summed E-state index contributed by atoms with van der Waals surface area (Å²) in [5, 5.41) is 13.6. The van der Waals surface area contributed by atoms with E-state index in [1.165, 1.54) is 31.2 Å². The van der Waals surface area contributed by atoms with E-state index in [1.807, 2.05) is 6.92 Å². The van der Waals surface area contributed by atoms with Gasteiger partial charge in [-0.2, -0.15) is 23.3 Å².